The Kier molecular flexibility index (Phi) is 6.21. The van der Waals surface area contributed by atoms with E-state index < -0.39 is 0 Å². The third-order valence-electron chi connectivity index (χ3n) is 3.18. The average Bonchev–Trinajstić information content (AvgIpc) is 2.42. The summed E-state index contributed by atoms with van der Waals surface area (Å²) >= 11 is 0. The van der Waals surface area contributed by atoms with Crippen LogP contribution in [0.1, 0.15) is 40.0 Å². The van der Waals surface area contributed by atoms with E-state index in [1.165, 1.54) is 6.07 Å². The Hall–Kier alpha value is -1.85. The molecule has 1 aromatic heterocycles. The number of anilines is 2. The van der Waals surface area contributed by atoms with Crippen LogP contribution in [0, 0.1) is 10.1 Å². The normalized spacial score (nSPS) is 10.7. The van der Waals surface area contributed by atoms with E-state index in [1.807, 2.05) is 0 Å². The van der Waals surface area contributed by atoms with Crippen LogP contribution < -0.4 is 10.2 Å². The molecule has 1 aromatic rings. The first kappa shape index (κ1) is 16.2. The topological polar surface area (TPSA) is 71.3 Å². The standard InChI is InChI=1S/C14H24N4O2/c1-5-6-7-8-17(11(2)3)14-10-12(18(19)20)9-13(15-4)16-14/h9-11H,5-8H2,1-4H3,(H,15,16). The third-order valence-corrected chi connectivity index (χ3v) is 3.18. The van der Waals surface area contributed by atoms with E-state index in [9.17, 15) is 10.1 Å². The molecule has 0 saturated carbocycles. The zero-order valence-corrected chi connectivity index (χ0v) is 12.7. The molecule has 0 fully saturated rings. The molecule has 1 rings (SSSR count). The number of unbranched alkanes of at least 4 members (excludes halogenated alkanes) is 2. The van der Waals surface area contributed by atoms with Gasteiger partial charge in [-0.2, -0.15) is 0 Å². The second kappa shape index (κ2) is 7.67. The lowest BCUT2D eigenvalue weighted by Crippen LogP contribution is -2.32. The zero-order chi connectivity index (χ0) is 15.1. The number of nitrogens with zero attached hydrogens (tertiary/aromatic N) is 3. The maximum absolute atomic E-state index is 11.0. The summed E-state index contributed by atoms with van der Waals surface area (Å²) in [6.07, 6.45) is 3.36. The molecule has 1 N–H and O–H groups in total. The van der Waals surface area contributed by atoms with Crippen molar-refractivity contribution in [3.8, 4) is 0 Å². The summed E-state index contributed by atoms with van der Waals surface area (Å²) in [7, 11) is 1.71. The lowest BCUT2D eigenvalue weighted by molar-refractivity contribution is -0.384. The minimum Gasteiger partial charge on any atom is -0.373 e. The molecule has 0 aliphatic carbocycles. The van der Waals surface area contributed by atoms with Gasteiger partial charge in [0.05, 0.1) is 17.1 Å². The van der Waals surface area contributed by atoms with Gasteiger partial charge in [-0.05, 0) is 20.3 Å². The molecule has 0 aliphatic rings. The highest BCUT2D eigenvalue weighted by atomic mass is 16.6. The van der Waals surface area contributed by atoms with Crippen molar-refractivity contribution in [1.82, 2.24) is 4.98 Å². The van der Waals surface area contributed by atoms with Crippen LogP contribution in [0.4, 0.5) is 17.3 Å². The Morgan fingerprint density at radius 1 is 1.40 bits per heavy atom. The van der Waals surface area contributed by atoms with Gasteiger partial charge in [0, 0.05) is 19.6 Å². The molecular formula is C14H24N4O2. The molecule has 112 valence electrons. The van der Waals surface area contributed by atoms with E-state index in [0.717, 1.165) is 25.8 Å². The third kappa shape index (κ3) is 4.36. The van der Waals surface area contributed by atoms with E-state index in [4.69, 9.17) is 0 Å². The number of rotatable bonds is 8. The van der Waals surface area contributed by atoms with Gasteiger partial charge in [0.25, 0.3) is 5.69 Å². The van der Waals surface area contributed by atoms with Crippen LogP contribution >= 0.6 is 0 Å². The van der Waals surface area contributed by atoms with Crippen molar-refractivity contribution < 1.29 is 4.92 Å². The summed E-state index contributed by atoms with van der Waals surface area (Å²) in [5.41, 5.74) is 0.0699. The minimum atomic E-state index is -0.378. The molecule has 6 nitrogen and oxygen atoms in total. The zero-order valence-electron chi connectivity index (χ0n) is 12.7. The Bertz CT molecular complexity index is 449. The number of pyridine rings is 1. The first-order valence-corrected chi connectivity index (χ1v) is 7.10. The number of nitrogens with one attached hydrogen (secondary N) is 1. The second-order valence-electron chi connectivity index (χ2n) is 5.07. The van der Waals surface area contributed by atoms with Crippen molar-refractivity contribution in [2.75, 3.05) is 23.8 Å². The van der Waals surface area contributed by atoms with Crippen molar-refractivity contribution in [2.24, 2.45) is 0 Å². The molecule has 0 spiro atoms. The van der Waals surface area contributed by atoms with Gasteiger partial charge in [0.2, 0.25) is 0 Å². The van der Waals surface area contributed by atoms with Gasteiger partial charge in [-0.3, -0.25) is 10.1 Å². The quantitative estimate of drug-likeness (QED) is 0.448. The second-order valence-corrected chi connectivity index (χ2v) is 5.07. The number of aromatic nitrogens is 1. The molecule has 0 aliphatic heterocycles. The van der Waals surface area contributed by atoms with Crippen LogP contribution in [0.2, 0.25) is 0 Å². The highest BCUT2D eigenvalue weighted by Crippen LogP contribution is 2.24. The van der Waals surface area contributed by atoms with Crippen LogP contribution in [0.15, 0.2) is 12.1 Å². The van der Waals surface area contributed by atoms with Crippen LogP contribution in [0.3, 0.4) is 0 Å². The lowest BCUT2D eigenvalue weighted by atomic mass is 10.2. The maximum atomic E-state index is 11.0. The van der Waals surface area contributed by atoms with E-state index in [2.05, 4.69) is 36.0 Å². The fourth-order valence-corrected chi connectivity index (χ4v) is 2.05. The monoisotopic (exact) mass is 280 g/mol. The molecule has 0 radical (unpaired) electrons. The molecule has 0 atom stereocenters. The largest absolute Gasteiger partial charge is 0.373 e. The van der Waals surface area contributed by atoms with Gasteiger partial charge in [-0.25, -0.2) is 4.98 Å². The Morgan fingerprint density at radius 2 is 2.10 bits per heavy atom. The predicted octanol–water partition coefficient (Wildman–Crippen LogP) is 3.44. The summed E-state index contributed by atoms with van der Waals surface area (Å²) in [6.45, 7) is 7.17. The van der Waals surface area contributed by atoms with Gasteiger partial charge < -0.3 is 10.2 Å². The van der Waals surface area contributed by atoms with E-state index in [-0.39, 0.29) is 16.7 Å². The number of nitro groups is 1. The summed E-state index contributed by atoms with van der Waals surface area (Å²) in [5.74, 6) is 1.19. The van der Waals surface area contributed by atoms with E-state index in [1.54, 1.807) is 13.1 Å². The molecule has 0 amide bonds. The van der Waals surface area contributed by atoms with Crippen molar-refractivity contribution in [3.63, 3.8) is 0 Å². The van der Waals surface area contributed by atoms with Crippen LogP contribution in [-0.2, 0) is 0 Å². The van der Waals surface area contributed by atoms with Crippen molar-refractivity contribution in [2.45, 2.75) is 46.1 Å². The van der Waals surface area contributed by atoms with E-state index >= 15 is 0 Å². The summed E-state index contributed by atoms with van der Waals surface area (Å²) < 4.78 is 0. The Balaban J connectivity index is 3.05. The van der Waals surface area contributed by atoms with Gasteiger partial charge in [0.15, 0.2) is 0 Å². The molecular weight excluding hydrogens is 256 g/mol. The van der Waals surface area contributed by atoms with Gasteiger partial charge in [-0.15, -0.1) is 0 Å². The maximum Gasteiger partial charge on any atom is 0.276 e. The molecule has 0 bridgehead atoms. The number of hydrogen-bond donors (Lipinski definition) is 1. The molecule has 1 heterocycles. The minimum absolute atomic E-state index is 0.0699. The van der Waals surface area contributed by atoms with Crippen LogP contribution in [0.5, 0.6) is 0 Å². The molecule has 0 saturated heterocycles. The smallest absolute Gasteiger partial charge is 0.276 e. The van der Waals surface area contributed by atoms with Crippen molar-refractivity contribution >= 4 is 17.3 Å². The molecule has 0 aromatic carbocycles. The highest BCUT2D eigenvalue weighted by Gasteiger charge is 2.17. The van der Waals surface area contributed by atoms with Gasteiger partial charge in [0.1, 0.15) is 11.6 Å². The predicted molar refractivity (Wildman–Crippen MR) is 82.4 cm³/mol. The Morgan fingerprint density at radius 3 is 2.60 bits per heavy atom. The van der Waals surface area contributed by atoms with Gasteiger partial charge in [-0.1, -0.05) is 19.8 Å². The van der Waals surface area contributed by atoms with Crippen LogP contribution in [-0.4, -0.2) is 29.5 Å². The molecule has 20 heavy (non-hydrogen) atoms. The molecule has 0 unspecified atom stereocenters. The Labute approximate surface area is 120 Å². The van der Waals surface area contributed by atoms with E-state index in [0.29, 0.717) is 11.6 Å². The fourth-order valence-electron chi connectivity index (χ4n) is 2.05. The first-order valence-electron chi connectivity index (χ1n) is 7.10. The first-order chi connectivity index (χ1) is 9.49. The highest BCUT2D eigenvalue weighted by molar-refractivity contribution is 5.56. The SMILES string of the molecule is CCCCCN(c1cc([N+](=O)[O-])cc(NC)n1)C(C)C. The summed E-state index contributed by atoms with van der Waals surface area (Å²) in [4.78, 5) is 17.2. The summed E-state index contributed by atoms with van der Waals surface area (Å²) in [6, 6.07) is 3.26. The lowest BCUT2D eigenvalue weighted by Gasteiger charge is -2.28. The van der Waals surface area contributed by atoms with Crippen LogP contribution in [0.25, 0.3) is 0 Å². The van der Waals surface area contributed by atoms with Crippen molar-refractivity contribution in [1.29, 1.82) is 0 Å². The average molecular weight is 280 g/mol. The van der Waals surface area contributed by atoms with Gasteiger partial charge >= 0.3 is 0 Å². The summed E-state index contributed by atoms with van der Waals surface area (Å²) in [5, 5.41) is 13.9. The van der Waals surface area contributed by atoms with Crippen molar-refractivity contribution in [3.05, 3.63) is 22.2 Å². The fraction of sp³-hybridized carbons (Fsp3) is 0.643. The number of hydrogen-bond acceptors (Lipinski definition) is 5. The molecule has 6 heteroatoms.